The summed E-state index contributed by atoms with van der Waals surface area (Å²) in [5.41, 5.74) is 7.82. The highest BCUT2D eigenvalue weighted by Crippen LogP contribution is 2.21. The quantitative estimate of drug-likeness (QED) is 0.768. The molecule has 0 bridgehead atoms. The van der Waals surface area contributed by atoms with E-state index in [9.17, 15) is 9.59 Å². The van der Waals surface area contributed by atoms with Gasteiger partial charge >= 0.3 is 6.09 Å². The van der Waals surface area contributed by atoms with E-state index < -0.39 is 12.0 Å². The summed E-state index contributed by atoms with van der Waals surface area (Å²) in [6.07, 6.45) is 3.19. The Bertz CT molecular complexity index is 757. The number of aromatic hydroxyl groups is 1. The highest BCUT2D eigenvalue weighted by atomic mass is 16.4. The Balaban J connectivity index is 0.000000223. The van der Waals surface area contributed by atoms with Crippen LogP contribution in [0, 0.1) is 6.92 Å². The molecule has 0 radical (unpaired) electrons. The maximum absolute atomic E-state index is 11.1. The number of carbonyl (C=O) groups excluding carboxylic acids is 1. The SMILES string of the molecule is Cc1ccc(CC2CCCCN2C(=O)O)cc1.NC(=O)c1ccc(O)cc1. The summed E-state index contributed by atoms with van der Waals surface area (Å²) < 4.78 is 0. The van der Waals surface area contributed by atoms with Crippen LogP contribution >= 0.6 is 0 Å². The summed E-state index contributed by atoms with van der Waals surface area (Å²) in [6, 6.07) is 14.3. The van der Waals surface area contributed by atoms with Gasteiger partial charge in [0.25, 0.3) is 0 Å². The number of phenolic OH excluding ortho intramolecular Hbond substituents is 1. The molecule has 4 N–H and O–H groups in total. The lowest BCUT2D eigenvalue weighted by atomic mass is 9.95. The van der Waals surface area contributed by atoms with Crippen LogP contribution in [0.25, 0.3) is 0 Å². The molecule has 0 aromatic heterocycles. The van der Waals surface area contributed by atoms with Gasteiger partial charge in [-0.2, -0.15) is 0 Å². The fourth-order valence-corrected chi connectivity index (χ4v) is 3.09. The van der Waals surface area contributed by atoms with E-state index in [1.54, 1.807) is 4.90 Å². The van der Waals surface area contributed by atoms with E-state index in [0.717, 1.165) is 25.7 Å². The molecular formula is C21H26N2O4. The van der Waals surface area contributed by atoms with Crippen molar-refractivity contribution in [3.05, 3.63) is 65.2 Å². The number of hydrogen-bond donors (Lipinski definition) is 3. The minimum atomic E-state index is -0.776. The Kier molecular flexibility index (Phi) is 7.23. The normalized spacial score (nSPS) is 16.2. The van der Waals surface area contributed by atoms with Gasteiger partial charge in [0.05, 0.1) is 0 Å². The van der Waals surface area contributed by atoms with Crippen molar-refractivity contribution in [1.82, 2.24) is 4.90 Å². The number of carbonyl (C=O) groups is 2. The fraction of sp³-hybridized carbons (Fsp3) is 0.333. The molecule has 1 atom stereocenters. The highest BCUT2D eigenvalue weighted by molar-refractivity contribution is 5.92. The second kappa shape index (κ2) is 9.62. The number of primary amides is 1. The number of carboxylic acid groups (broad SMARTS) is 1. The molecule has 1 heterocycles. The zero-order chi connectivity index (χ0) is 19.8. The Labute approximate surface area is 159 Å². The molecule has 6 nitrogen and oxygen atoms in total. The van der Waals surface area contributed by atoms with Gasteiger partial charge in [-0.1, -0.05) is 29.8 Å². The van der Waals surface area contributed by atoms with Crippen LogP contribution in [0.2, 0.25) is 0 Å². The monoisotopic (exact) mass is 370 g/mol. The lowest BCUT2D eigenvalue weighted by Crippen LogP contribution is -2.44. The van der Waals surface area contributed by atoms with Gasteiger partial charge in [0.2, 0.25) is 5.91 Å². The van der Waals surface area contributed by atoms with Gasteiger partial charge in [-0.05, 0) is 62.4 Å². The first-order valence-electron chi connectivity index (χ1n) is 9.00. The third-order valence-corrected chi connectivity index (χ3v) is 4.62. The van der Waals surface area contributed by atoms with E-state index in [4.69, 9.17) is 15.9 Å². The summed E-state index contributed by atoms with van der Waals surface area (Å²) in [5, 5.41) is 17.9. The van der Waals surface area contributed by atoms with Crippen LogP contribution in [0.4, 0.5) is 4.79 Å². The van der Waals surface area contributed by atoms with Crippen molar-refractivity contribution in [2.24, 2.45) is 5.73 Å². The van der Waals surface area contributed by atoms with Crippen molar-refractivity contribution < 1.29 is 19.8 Å². The standard InChI is InChI=1S/C14H19NO2.C7H7NO2/c1-11-5-7-12(8-6-11)10-13-4-2-3-9-15(13)14(16)17;8-7(10)5-1-3-6(9)4-2-5/h5-8,13H,2-4,9-10H2,1H3,(H,16,17);1-4,9H,(H2,8,10). The molecule has 2 aromatic rings. The number of likely N-dealkylation sites (tertiary alicyclic amines) is 1. The Morgan fingerprint density at radius 1 is 1.07 bits per heavy atom. The summed E-state index contributed by atoms with van der Waals surface area (Å²) >= 11 is 0. The molecule has 1 aliphatic heterocycles. The third-order valence-electron chi connectivity index (χ3n) is 4.62. The number of hydrogen-bond acceptors (Lipinski definition) is 3. The minimum Gasteiger partial charge on any atom is -0.508 e. The summed E-state index contributed by atoms with van der Waals surface area (Å²) in [4.78, 5) is 23.2. The van der Waals surface area contributed by atoms with E-state index >= 15 is 0 Å². The van der Waals surface area contributed by atoms with Crippen LogP contribution in [0.3, 0.4) is 0 Å². The lowest BCUT2D eigenvalue weighted by molar-refractivity contribution is 0.0999. The number of nitrogens with zero attached hydrogens (tertiary/aromatic N) is 1. The van der Waals surface area contributed by atoms with Crippen LogP contribution in [0.15, 0.2) is 48.5 Å². The second-order valence-electron chi connectivity index (χ2n) is 6.73. The van der Waals surface area contributed by atoms with Gasteiger partial charge in [-0.15, -0.1) is 0 Å². The first-order chi connectivity index (χ1) is 12.9. The molecule has 1 unspecified atom stereocenters. The summed E-state index contributed by atoms with van der Waals surface area (Å²) in [6.45, 7) is 2.75. The average Bonchev–Trinajstić information content (AvgIpc) is 2.65. The zero-order valence-corrected chi connectivity index (χ0v) is 15.5. The molecule has 2 amide bonds. The number of rotatable bonds is 3. The molecule has 27 heavy (non-hydrogen) atoms. The maximum Gasteiger partial charge on any atom is 0.407 e. The van der Waals surface area contributed by atoms with Crippen LogP contribution in [0.1, 0.15) is 40.7 Å². The van der Waals surface area contributed by atoms with Gasteiger partial charge in [0.1, 0.15) is 5.75 Å². The smallest absolute Gasteiger partial charge is 0.407 e. The molecule has 2 aromatic carbocycles. The van der Waals surface area contributed by atoms with Crippen LogP contribution in [-0.4, -0.2) is 39.7 Å². The molecule has 0 spiro atoms. The first kappa shape index (κ1) is 20.3. The molecule has 1 fully saturated rings. The molecule has 0 aliphatic carbocycles. The second-order valence-corrected chi connectivity index (χ2v) is 6.73. The van der Waals surface area contributed by atoms with Gasteiger partial charge in [-0.3, -0.25) is 4.79 Å². The number of benzene rings is 2. The molecule has 3 rings (SSSR count). The van der Waals surface area contributed by atoms with Gasteiger partial charge in [0, 0.05) is 18.2 Å². The van der Waals surface area contributed by atoms with Crippen molar-refractivity contribution in [3.8, 4) is 5.75 Å². The minimum absolute atomic E-state index is 0.130. The van der Waals surface area contributed by atoms with E-state index in [2.05, 4.69) is 31.2 Å². The highest BCUT2D eigenvalue weighted by Gasteiger charge is 2.26. The predicted octanol–water partition coefficient (Wildman–Crippen LogP) is 3.56. The molecular weight excluding hydrogens is 344 g/mol. The predicted molar refractivity (Wildman–Crippen MR) is 104 cm³/mol. The molecule has 1 aliphatic rings. The number of amides is 2. The zero-order valence-electron chi connectivity index (χ0n) is 15.5. The molecule has 144 valence electrons. The number of nitrogens with two attached hydrogens (primary N) is 1. The first-order valence-corrected chi connectivity index (χ1v) is 9.00. The summed E-state index contributed by atoms with van der Waals surface area (Å²) in [7, 11) is 0. The van der Waals surface area contributed by atoms with Gasteiger partial charge in [0.15, 0.2) is 0 Å². The molecule has 1 saturated heterocycles. The van der Waals surface area contributed by atoms with Crippen LogP contribution < -0.4 is 5.73 Å². The lowest BCUT2D eigenvalue weighted by Gasteiger charge is -2.33. The van der Waals surface area contributed by atoms with Gasteiger partial charge in [-0.25, -0.2) is 4.79 Å². The number of aryl methyl sites for hydroxylation is 1. The Hall–Kier alpha value is -3.02. The Morgan fingerprint density at radius 2 is 1.70 bits per heavy atom. The average molecular weight is 370 g/mol. The Morgan fingerprint density at radius 3 is 2.26 bits per heavy atom. The topological polar surface area (TPSA) is 104 Å². The molecule has 6 heteroatoms. The number of phenols is 1. The van der Waals surface area contributed by atoms with E-state index in [1.165, 1.54) is 35.4 Å². The fourth-order valence-electron chi connectivity index (χ4n) is 3.09. The van der Waals surface area contributed by atoms with Crippen molar-refractivity contribution >= 4 is 12.0 Å². The van der Waals surface area contributed by atoms with E-state index in [1.807, 2.05) is 0 Å². The van der Waals surface area contributed by atoms with Crippen molar-refractivity contribution in [2.45, 2.75) is 38.6 Å². The third kappa shape index (κ3) is 6.33. The van der Waals surface area contributed by atoms with Crippen molar-refractivity contribution in [3.63, 3.8) is 0 Å². The van der Waals surface area contributed by atoms with Crippen LogP contribution in [-0.2, 0) is 6.42 Å². The number of piperidine rings is 1. The van der Waals surface area contributed by atoms with E-state index in [-0.39, 0.29) is 11.8 Å². The van der Waals surface area contributed by atoms with Crippen LogP contribution in [0.5, 0.6) is 5.75 Å². The van der Waals surface area contributed by atoms with Crippen molar-refractivity contribution in [1.29, 1.82) is 0 Å². The van der Waals surface area contributed by atoms with Crippen molar-refractivity contribution in [2.75, 3.05) is 6.54 Å². The summed E-state index contributed by atoms with van der Waals surface area (Å²) in [5.74, 6) is -0.356. The van der Waals surface area contributed by atoms with Gasteiger partial charge < -0.3 is 20.8 Å². The maximum atomic E-state index is 11.1. The molecule has 0 saturated carbocycles. The van der Waals surface area contributed by atoms with E-state index in [0.29, 0.717) is 12.1 Å². The largest absolute Gasteiger partial charge is 0.508 e.